The summed E-state index contributed by atoms with van der Waals surface area (Å²) < 4.78 is 38.0. The van der Waals surface area contributed by atoms with Crippen LogP contribution in [0.4, 0.5) is 0 Å². The number of ether oxygens (including phenoxy) is 2. The van der Waals surface area contributed by atoms with Crippen molar-refractivity contribution in [3.63, 3.8) is 0 Å². The van der Waals surface area contributed by atoms with E-state index in [4.69, 9.17) is 9.47 Å². The molecule has 0 radical (unpaired) electrons. The van der Waals surface area contributed by atoms with Gasteiger partial charge in [0, 0.05) is 25.0 Å². The van der Waals surface area contributed by atoms with E-state index in [0.717, 1.165) is 12.8 Å². The summed E-state index contributed by atoms with van der Waals surface area (Å²) in [5, 5.41) is 0. The summed E-state index contributed by atoms with van der Waals surface area (Å²) in [6, 6.07) is 6.49. The Hall–Kier alpha value is -2.19. The first-order valence-corrected chi connectivity index (χ1v) is 9.10. The second kappa shape index (κ2) is 7.14. The van der Waals surface area contributed by atoms with Crippen LogP contribution < -0.4 is 9.47 Å². The molecule has 0 spiro atoms. The molecule has 8 heteroatoms. The number of piperidine rings is 1. The summed E-state index contributed by atoms with van der Waals surface area (Å²) >= 11 is 0. The summed E-state index contributed by atoms with van der Waals surface area (Å²) in [7, 11) is -2.07. The summed E-state index contributed by atoms with van der Waals surface area (Å²) in [6.45, 7) is 0.760. The minimum atomic E-state index is -3.58. The lowest BCUT2D eigenvalue weighted by atomic mass is 10.1. The van der Waals surface area contributed by atoms with Crippen molar-refractivity contribution in [2.24, 2.45) is 0 Å². The first-order chi connectivity index (χ1) is 11.6. The quantitative estimate of drug-likeness (QED) is 0.817. The van der Waals surface area contributed by atoms with Crippen LogP contribution in [0.5, 0.6) is 11.6 Å². The van der Waals surface area contributed by atoms with Crippen LogP contribution in [-0.4, -0.2) is 49.0 Å². The highest BCUT2D eigenvalue weighted by atomic mass is 32.2. The molecular formula is C16H19N3O4S. The predicted molar refractivity (Wildman–Crippen MR) is 87.4 cm³/mol. The Morgan fingerprint density at radius 1 is 1.29 bits per heavy atom. The van der Waals surface area contributed by atoms with E-state index in [0.29, 0.717) is 18.2 Å². The minimum absolute atomic E-state index is 0.224. The molecule has 3 rings (SSSR count). The Morgan fingerprint density at radius 3 is 2.92 bits per heavy atom. The number of sulfonamides is 1. The van der Waals surface area contributed by atoms with Gasteiger partial charge in [-0.1, -0.05) is 6.07 Å². The number of hydrogen-bond acceptors (Lipinski definition) is 6. The monoisotopic (exact) mass is 349 g/mol. The van der Waals surface area contributed by atoms with E-state index in [9.17, 15) is 8.42 Å². The van der Waals surface area contributed by atoms with Gasteiger partial charge in [-0.25, -0.2) is 13.4 Å². The maximum atomic E-state index is 12.8. The Balaban J connectivity index is 1.75. The van der Waals surface area contributed by atoms with Gasteiger partial charge in [-0.3, -0.25) is 4.98 Å². The van der Waals surface area contributed by atoms with Crippen molar-refractivity contribution in [1.82, 2.24) is 14.3 Å². The van der Waals surface area contributed by atoms with Crippen LogP contribution in [0, 0.1) is 0 Å². The highest BCUT2D eigenvalue weighted by molar-refractivity contribution is 7.89. The van der Waals surface area contributed by atoms with E-state index in [1.54, 1.807) is 30.6 Å². The molecular weight excluding hydrogens is 330 g/mol. The molecule has 1 atom stereocenters. The molecule has 1 saturated heterocycles. The van der Waals surface area contributed by atoms with Crippen molar-refractivity contribution in [3.8, 4) is 11.6 Å². The van der Waals surface area contributed by atoms with Crippen LogP contribution in [0.1, 0.15) is 12.8 Å². The molecule has 0 amide bonds. The normalized spacial score (nSPS) is 19.0. The second-order valence-electron chi connectivity index (χ2n) is 5.47. The number of methoxy groups -OCH3 is 1. The minimum Gasteiger partial charge on any atom is -0.497 e. The van der Waals surface area contributed by atoms with Crippen LogP contribution in [-0.2, 0) is 10.0 Å². The second-order valence-corrected chi connectivity index (χ2v) is 7.41. The molecule has 2 heterocycles. The molecule has 7 nitrogen and oxygen atoms in total. The zero-order chi connectivity index (χ0) is 17.0. The number of benzene rings is 1. The van der Waals surface area contributed by atoms with Crippen LogP contribution in [0.15, 0.2) is 47.8 Å². The molecule has 0 bridgehead atoms. The Bertz CT molecular complexity index is 783. The molecule has 0 saturated carbocycles. The fraction of sp³-hybridized carbons (Fsp3) is 0.375. The lowest BCUT2D eigenvalue weighted by Crippen LogP contribution is -2.44. The van der Waals surface area contributed by atoms with E-state index < -0.39 is 10.0 Å². The Kier molecular flexibility index (Phi) is 4.96. The van der Waals surface area contributed by atoms with Crippen LogP contribution in [0.2, 0.25) is 0 Å². The number of hydrogen-bond donors (Lipinski definition) is 0. The summed E-state index contributed by atoms with van der Waals surface area (Å²) in [4.78, 5) is 8.25. The zero-order valence-corrected chi connectivity index (χ0v) is 14.1. The molecule has 1 fully saturated rings. The van der Waals surface area contributed by atoms with Gasteiger partial charge in [0.2, 0.25) is 15.9 Å². The van der Waals surface area contributed by atoms with E-state index in [1.807, 2.05) is 0 Å². The molecule has 1 aromatic heterocycles. The molecule has 128 valence electrons. The van der Waals surface area contributed by atoms with Gasteiger partial charge in [0.15, 0.2) is 0 Å². The van der Waals surface area contributed by atoms with Gasteiger partial charge in [0.25, 0.3) is 0 Å². The number of rotatable bonds is 5. The average molecular weight is 349 g/mol. The van der Waals surface area contributed by atoms with Crippen molar-refractivity contribution >= 4 is 10.0 Å². The van der Waals surface area contributed by atoms with E-state index in [1.165, 1.54) is 23.7 Å². The van der Waals surface area contributed by atoms with Crippen molar-refractivity contribution in [2.45, 2.75) is 23.8 Å². The van der Waals surface area contributed by atoms with Gasteiger partial charge >= 0.3 is 0 Å². The maximum absolute atomic E-state index is 12.8. The number of aromatic nitrogens is 2. The molecule has 0 N–H and O–H groups in total. The van der Waals surface area contributed by atoms with Crippen molar-refractivity contribution < 1.29 is 17.9 Å². The molecule has 2 aromatic rings. The highest BCUT2D eigenvalue weighted by Crippen LogP contribution is 2.25. The third-order valence-electron chi connectivity index (χ3n) is 3.85. The van der Waals surface area contributed by atoms with Gasteiger partial charge in [-0.05, 0) is 25.0 Å². The van der Waals surface area contributed by atoms with Crippen molar-refractivity contribution in [3.05, 3.63) is 42.9 Å². The standard InChI is InChI=1S/C16H19N3O4S/c1-22-13-4-2-6-15(10-13)24(20,21)19-9-3-5-14(12-19)23-16-11-17-7-8-18-16/h2,4,6-8,10-11,14H,3,5,9,12H2,1H3. The molecule has 1 aliphatic heterocycles. The molecule has 1 aromatic carbocycles. The van der Waals surface area contributed by atoms with Gasteiger partial charge in [0.1, 0.15) is 11.9 Å². The molecule has 24 heavy (non-hydrogen) atoms. The lowest BCUT2D eigenvalue weighted by Gasteiger charge is -2.31. The summed E-state index contributed by atoms with van der Waals surface area (Å²) in [5.41, 5.74) is 0. The topological polar surface area (TPSA) is 81.6 Å². The lowest BCUT2D eigenvalue weighted by molar-refractivity contribution is 0.124. The first kappa shape index (κ1) is 16.7. The number of nitrogens with zero attached hydrogens (tertiary/aromatic N) is 3. The SMILES string of the molecule is COc1cccc(S(=O)(=O)N2CCCC(Oc3cnccn3)C2)c1. The molecule has 0 aliphatic carbocycles. The highest BCUT2D eigenvalue weighted by Gasteiger charge is 2.31. The Morgan fingerprint density at radius 2 is 2.17 bits per heavy atom. The Labute approximate surface area is 141 Å². The van der Waals surface area contributed by atoms with Crippen LogP contribution in [0.3, 0.4) is 0 Å². The van der Waals surface area contributed by atoms with Gasteiger partial charge in [0.05, 0.1) is 24.7 Å². The largest absolute Gasteiger partial charge is 0.497 e. The van der Waals surface area contributed by atoms with E-state index in [2.05, 4.69) is 9.97 Å². The smallest absolute Gasteiger partial charge is 0.243 e. The third kappa shape index (κ3) is 3.65. The summed E-state index contributed by atoms with van der Waals surface area (Å²) in [5.74, 6) is 0.920. The van der Waals surface area contributed by atoms with Crippen LogP contribution in [0.25, 0.3) is 0 Å². The third-order valence-corrected chi connectivity index (χ3v) is 5.71. The van der Waals surface area contributed by atoms with E-state index in [-0.39, 0.29) is 17.5 Å². The first-order valence-electron chi connectivity index (χ1n) is 7.66. The fourth-order valence-corrected chi connectivity index (χ4v) is 4.19. The fourth-order valence-electron chi connectivity index (χ4n) is 2.65. The maximum Gasteiger partial charge on any atom is 0.243 e. The summed E-state index contributed by atoms with van der Waals surface area (Å²) in [6.07, 6.45) is 5.90. The van der Waals surface area contributed by atoms with Crippen molar-refractivity contribution in [2.75, 3.05) is 20.2 Å². The predicted octanol–water partition coefficient (Wildman–Crippen LogP) is 1.72. The van der Waals surface area contributed by atoms with Crippen molar-refractivity contribution in [1.29, 1.82) is 0 Å². The zero-order valence-electron chi connectivity index (χ0n) is 13.3. The van der Waals surface area contributed by atoms with Gasteiger partial charge in [-0.15, -0.1) is 0 Å². The van der Waals surface area contributed by atoms with Gasteiger partial charge < -0.3 is 9.47 Å². The molecule has 1 unspecified atom stereocenters. The molecule has 1 aliphatic rings. The van der Waals surface area contributed by atoms with E-state index >= 15 is 0 Å². The average Bonchev–Trinajstić information content (AvgIpc) is 2.63. The van der Waals surface area contributed by atoms with Crippen LogP contribution >= 0.6 is 0 Å². The van der Waals surface area contributed by atoms with Gasteiger partial charge in [-0.2, -0.15) is 4.31 Å².